The molecule has 1 aromatic rings. The lowest BCUT2D eigenvalue weighted by Crippen LogP contribution is -2.45. The molecule has 0 amide bonds. The molecule has 1 fully saturated rings. The summed E-state index contributed by atoms with van der Waals surface area (Å²) >= 11 is 0. The van der Waals surface area contributed by atoms with Crippen LogP contribution in [0.15, 0.2) is 24.3 Å². The molecule has 1 aliphatic rings. The molecular weight excluding hydrogens is 226 g/mol. The van der Waals surface area contributed by atoms with Crippen LogP contribution in [0.5, 0.6) is 0 Å². The van der Waals surface area contributed by atoms with E-state index in [1.807, 2.05) is 7.05 Å². The molecule has 1 saturated carbocycles. The number of nitrogens with zero attached hydrogens (tertiary/aromatic N) is 1. The minimum Gasteiger partial charge on any atom is -0.481 e. The number of aliphatic carboxylic acids is 1. The van der Waals surface area contributed by atoms with Crippen LogP contribution in [0.3, 0.4) is 0 Å². The van der Waals surface area contributed by atoms with E-state index >= 15 is 0 Å². The minimum absolute atomic E-state index is 0.146. The van der Waals surface area contributed by atoms with Crippen molar-refractivity contribution in [2.45, 2.75) is 38.6 Å². The van der Waals surface area contributed by atoms with Gasteiger partial charge in [0.25, 0.3) is 0 Å². The summed E-state index contributed by atoms with van der Waals surface area (Å²) in [6, 6.07) is 8.94. The van der Waals surface area contributed by atoms with Crippen LogP contribution in [0, 0.1) is 5.92 Å². The van der Waals surface area contributed by atoms with Crippen LogP contribution < -0.4 is 4.90 Å². The second kappa shape index (κ2) is 5.01. The van der Waals surface area contributed by atoms with Crippen molar-refractivity contribution >= 4 is 11.7 Å². The van der Waals surface area contributed by atoms with Gasteiger partial charge in [0.15, 0.2) is 0 Å². The van der Waals surface area contributed by atoms with E-state index in [1.165, 1.54) is 11.3 Å². The van der Waals surface area contributed by atoms with Crippen molar-refractivity contribution < 1.29 is 9.90 Å². The van der Waals surface area contributed by atoms with Gasteiger partial charge in [-0.15, -0.1) is 0 Å². The maximum absolute atomic E-state index is 10.8. The monoisotopic (exact) mass is 247 g/mol. The third kappa shape index (κ3) is 2.50. The molecule has 0 bridgehead atoms. The molecule has 0 heterocycles. The molecule has 3 heteroatoms. The van der Waals surface area contributed by atoms with E-state index in [1.54, 1.807) is 0 Å². The summed E-state index contributed by atoms with van der Waals surface area (Å²) in [4.78, 5) is 13.0. The lowest BCUT2D eigenvalue weighted by molar-refractivity contribution is -0.145. The zero-order valence-electron chi connectivity index (χ0n) is 11.3. The number of benzene rings is 1. The Labute approximate surface area is 108 Å². The van der Waals surface area contributed by atoms with Gasteiger partial charge in [-0.25, -0.2) is 0 Å². The van der Waals surface area contributed by atoms with Crippen molar-refractivity contribution in [3.05, 3.63) is 29.8 Å². The standard InChI is InChI=1S/C15H21NO2/c1-10(2)11-4-6-13(7-5-11)16(3)14-8-12(9-14)15(17)18/h4-7,10,12,14H,8-9H2,1-3H3,(H,17,18). The van der Waals surface area contributed by atoms with Gasteiger partial charge in [0, 0.05) is 18.8 Å². The average molecular weight is 247 g/mol. The molecule has 1 aromatic carbocycles. The highest BCUT2D eigenvalue weighted by molar-refractivity contribution is 5.71. The van der Waals surface area contributed by atoms with Crippen LogP contribution in [-0.2, 0) is 4.79 Å². The van der Waals surface area contributed by atoms with Crippen LogP contribution in [0.25, 0.3) is 0 Å². The summed E-state index contributed by atoms with van der Waals surface area (Å²) in [6.45, 7) is 4.37. The van der Waals surface area contributed by atoms with E-state index in [0.717, 1.165) is 12.8 Å². The van der Waals surface area contributed by atoms with E-state index in [0.29, 0.717) is 12.0 Å². The molecule has 18 heavy (non-hydrogen) atoms. The summed E-state index contributed by atoms with van der Waals surface area (Å²) in [6.07, 6.45) is 1.52. The smallest absolute Gasteiger partial charge is 0.306 e. The van der Waals surface area contributed by atoms with Gasteiger partial charge >= 0.3 is 5.97 Å². The van der Waals surface area contributed by atoms with Gasteiger partial charge in [-0.2, -0.15) is 0 Å². The topological polar surface area (TPSA) is 40.5 Å². The molecule has 0 radical (unpaired) electrons. The largest absolute Gasteiger partial charge is 0.481 e. The van der Waals surface area contributed by atoms with E-state index in [4.69, 9.17) is 5.11 Å². The zero-order chi connectivity index (χ0) is 13.3. The van der Waals surface area contributed by atoms with Crippen molar-refractivity contribution in [1.82, 2.24) is 0 Å². The third-order valence-corrected chi connectivity index (χ3v) is 3.98. The molecule has 1 N–H and O–H groups in total. The molecule has 0 spiro atoms. The second-order valence-electron chi connectivity index (χ2n) is 5.52. The van der Waals surface area contributed by atoms with E-state index in [2.05, 4.69) is 43.0 Å². The Morgan fingerprint density at radius 2 is 1.83 bits per heavy atom. The van der Waals surface area contributed by atoms with Gasteiger partial charge in [0.05, 0.1) is 5.92 Å². The number of anilines is 1. The number of carboxylic acid groups (broad SMARTS) is 1. The maximum Gasteiger partial charge on any atom is 0.306 e. The van der Waals surface area contributed by atoms with Crippen LogP contribution in [0.1, 0.15) is 38.2 Å². The summed E-state index contributed by atoms with van der Waals surface area (Å²) in [5.74, 6) is -0.258. The Balaban J connectivity index is 1.98. The Morgan fingerprint density at radius 1 is 1.28 bits per heavy atom. The lowest BCUT2D eigenvalue weighted by atomic mass is 9.79. The van der Waals surface area contributed by atoms with Crippen LogP contribution in [0.4, 0.5) is 5.69 Å². The molecule has 0 aromatic heterocycles. The molecule has 0 atom stereocenters. The molecule has 0 saturated heterocycles. The number of rotatable bonds is 4. The minimum atomic E-state index is -0.658. The number of hydrogen-bond donors (Lipinski definition) is 1. The number of hydrogen-bond acceptors (Lipinski definition) is 2. The SMILES string of the molecule is CC(C)c1ccc(N(C)C2CC(C(=O)O)C2)cc1. The van der Waals surface area contributed by atoms with Gasteiger partial charge < -0.3 is 10.0 Å². The first kappa shape index (κ1) is 12.9. The van der Waals surface area contributed by atoms with Gasteiger partial charge in [-0.05, 0) is 36.5 Å². The fourth-order valence-electron chi connectivity index (χ4n) is 2.41. The molecule has 0 unspecified atom stereocenters. The molecule has 1 aliphatic carbocycles. The Bertz CT molecular complexity index is 419. The second-order valence-corrected chi connectivity index (χ2v) is 5.52. The van der Waals surface area contributed by atoms with E-state index < -0.39 is 5.97 Å². The third-order valence-electron chi connectivity index (χ3n) is 3.98. The first-order chi connectivity index (χ1) is 8.49. The first-order valence-electron chi connectivity index (χ1n) is 6.54. The van der Waals surface area contributed by atoms with E-state index in [9.17, 15) is 4.79 Å². The summed E-state index contributed by atoms with van der Waals surface area (Å²) < 4.78 is 0. The van der Waals surface area contributed by atoms with Crippen LogP contribution >= 0.6 is 0 Å². The highest BCUT2D eigenvalue weighted by atomic mass is 16.4. The summed E-state index contributed by atoms with van der Waals surface area (Å²) in [5, 5.41) is 8.88. The Kier molecular flexibility index (Phi) is 3.60. The van der Waals surface area contributed by atoms with E-state index in [-0.39, 0.29) is 5.92 Å². The van der Waals surface area contributed by atoms with Crippen molar-refractivity contribution in [3.63, 3.8) is 0 Å². The molecule has 98 valence electrons. The molecule has 2 rings (SSSR count). The van der Waals surface area contributed by atoms with Gasteiger partial charge in [-0.3, -0.25) is 4.79 Å². The van der Waals surface area contributed by atoms with Gasteiger partial charge in [0.2, 0.25) is 0 Å². The maximum atomic E-state index is 10.8. The predicted molar refractivity (Wildman–Crippen MR) is 73.1 cm³/mol. The fraction of sp³-hybridized carbons (Fsp3) is 0.533. The Hall–Kier alpha value is -1.51. The highest BCUT2D eigenvalue weighted by Gasteiger charge is 2.36. The van der Waals surface area contributed by atoms with Crippen LogP contribution in [-0.4, -0.2) is 24.2 Å². The predicted octanol–water partition coefficient (Wildman–Crippen LogP) is 3.11. The summed E-state index contributed by atoms with van der Waals surface area (Å²) in [7, 11) is 2.05. The van der Waals surface area contributed by atoms with Crippen LogP contribution in [0.2, 0.25) is 0 Å². The van der Waals surface area contributed by atoms with Gasteiger partial charge in [0.1, 0.15) is 0 Å². The Morgan fingerprint density at radius 3 is 2.28 bits per heavy atom. The van der Waals surface area contributed by atoms with Gasteiger partial charge in [-0.1, -0.05) is 26.0 Å². The number of carbonyl (C=O) groups is 1. The zero-order valence-corrected chi connectivity index (χ0v) is 11.3. The van der Waals surface area contributed by atoms with Crippen molar-refractivity contribution in [1.29, 1.82) is 0 Å². The van der Waals surface area contributed by atoms with Crippen molar-refractivity contribution in [3.8, 4) is 0 Å². The molecule has 0 aliphatic heterocycles. The lowest BCUT2D eigenvalue weighted by Gasteiger charge is -2.40. The first-order valence-corrected chi connectivity index (χ1v) is 6.54. The summed E-state index contributed by atoms with van der Waals surface area (Å²) in [5.41, 5.74) is 2.51. The van der Waals surface area contributed by atoms with Crippen molar-refractivity contribution in [2.75, 3.05) is 11.9 Å². The quantitative estimate of drug-likeness (QED) is 0.888. The van der Waals surface area contributed by atoms with Crippen molar-refractivity contribution in [2.24, 2.45) is 5.92 Å². The average Bonchev–Trinajstić information content (AvgIpc) is 2.26. The molecular formula is C15H21NO2. The normalized spacial score (nSPS) is 22.7. The molecule has 3 nitrogen and oxygen atoms in total. The fourth-order valence-corrected chi connectivity index (χ4v) is 2.41. The number of carboxylic acids is 1. The highest BCUT2D eigenvalue weighted by Crippen LogP contribution is 2.34.